The molecule has 1 aromatic heterocycles. The van der Waals surface area contributed by atoms with E-state index in [1.54, 1.807) is 6.07 Å². The number of carbonyl (C=O) groups excluding carboxylic acids is 2. The van der Waals surface area contributed by atoms with Crippen LogP contribution in [0.3, 0.4) is 0 Å². The molecule has 2 aromatic carbocycles. The summed E-state index contributed by atoms with van der Waals surface area (Å²) in [6.07, 6.45) is 0.410. The number of nitrogens with one attached hydrogen (secondary N) is 1. The fourth-order valence-corrected chi connectivity index (χ4v) is 2.63. The second-order valence-corrected chi connectivity index (χ2v) is 6.24. The number of carbonyl (C=O) groups is 2. The summed E-state index contributed by atoms with van der Waals surface area (Å²) >= 11 is 0. The van der Waals surface area contributed by atoms with Gasteiger partial charge in [-0.15, -0.1) is 0 Å². The summed E-state index contributed by atoms with van der Waals surface area (Å²) in [6.45, 7) is -3.38. The van der Waals surface area contributed by atoms with Crippen molar-refractivity contribution in [1.29, 1.82) is 0 Å². The number of anilines is 1. The molecule has 6 nitrogen and oxygen atoms in total. The van der Waals surface area contributed by atoms with Crippen LogP contribution in [0.5, 0.6) is 5.75 Å². The zero-order valence-electron chi connectivity index (χ0n) is 15.8. The highest BCUT2D eigenvalue weighted by atomic mass is 19.3. The molecule has 0 spiro atoms. The van der Waals surface area contributed by atoms with Crippen LogP contribution in [-0.4, -0.2) is 25.1 Å². The van der Waals surface area contributed by atoms with Gasteiger partial charge in [-0.1, -0.05) is 30.3 Å². The molecule has 1 heterocycles. The van der Waals surface area contributed by atoms with Crippen LogP contribution in [0.25, 0.3) is 11.3 Å². The van der Waals surface area contributed by atoms with Gasteiger partial charge >= 0.3 is 12.6 Å². The highest BCUT2D eigenvalue weighted by molar-refractivity contribution is 5.92. The van der Waals surface area contributed by atoms with Crippen molar-refractivity contribution < 1.29 is 32.3 Å². The molecule has 0 aliphatic carbocycles. The number of esters is 1. The zero-order valence-corrected chi connectivity index (χ0v) is 15.8. The number of amides is 1. The van der Waals surface area contributed by atoms with Crippen LogP contribution in [-0.2, 0) is 20.7 Å². The van der Waals surface area contributed by atoms with Gasteiger partial charge in [0.15, 0.2) is 6.61 Å². The van der Waals surface area contributed by atoms with Crippen molar-refractivity contribution in [1.82, 2.24) is 0 Å². The molecule has 1 N–H and O–H groups in total. The van der Waals surface area contributed by atoms with E-state index in [4.69, 9.17) is 9.15 Å². The third-order valence-corrected chi connectivity index (χ3v) is 4.02. The number of ether oxygens (including phenoxy) is 2. The Morgan fingerprint density at radius 2 is 1.70 bits per heavy atom. The smallest absolute Gasteiger partial charge is 0.387 e. The third kappa shape index (κ3) is 6.44. The number of halogens is 2. The van der Waals surface area contributed by atoms with Crippen molar-refractivity contribution in [3.05, 3.63) is 72.5 Å². The first-order valence-corrected chi connectivity index (χ1v) is 9.14. The number of furan rings is 1. The van der Waals surface area contributed by atoms with E-state index < -0.39 is 25.1 Å². The van der Waals surface area contributed by atoms with Crippen molar-refractivity contribution in [2.24, 2.45) is 0 Å². The standard InChI is InChI=1S/C22H19F2NO5/c23-22(24)30-18-8-6-16(7-9-18)25-20(26)14-28-21(27)13-11-17-10-12-19(29-17)15-4-2-1-3-5-15/h1-10,12,22H,11,13-14H2,(H,25,26). The highest BCUT2D eigenvalue weighted by Gasteiger charge is 2.11. The maximum Gasteiger partial charge on any atom is 0.387 e. The van der Waals surface area contributed by atoms with Gasteiger partial charge in [0.05, 0.1) is 6.42 Å². The highest BCUT2D eigenvalue weighted by Crippen LogP contribution is 2.22. The lowest BCUT2D eigenvalue weighted by molar-refractivity contribution is -0.147. The summed E-state index contributed by atoms with van der Waals surface area (Å²) in [5.74, 6) is 0.242. The molecule has 0 aliphatic heterocycles. The minimum absolute atomic E-state index is 0.0252. The number of hydrogen-bond acceptors (Lipinski definition) is 5. The Hall–Kier alpha value is -3.68. The Morgan fingerprint density at radius 3 is 2.40 bits per heavy atom. The zero-order chi connectivity index (χ0) is 21.3. The van der Waals surface area contributed by atoms with Crippen molar-refractivity contribution in [3.63, 3.8) is 0 Å². The van der Waals surface area contributed by atoms with Gasteiger partial charge in [-0.05, 0) is 36.4 Å². The van der Waals surface area contributed by atoms with Gasteiger partial charge in [0.1, 0.15) is 17.3 Å². The molecular formula is C22H19F2NO5. The molecule has 156 valence electrons. The topological polar surface area (TPSA) is 77.8 Å². The minimum atomic E-state index is -2.92. The second-order valence-electron chi connectivity index (χ2n) is 6.24. The van der Waals surface area contributed by atoms with Crippen molar-refractivity contribution in [3.8, 4) is 17.1 Å². The van der Waals surface area contributed by atoms with Gasteiger partial charge in [0.2, 0.25) is 0 Å². The SMILES string of the molecule is O=C(COC(=O)CCc1ccc(-c2ccccc2)o1)Nc1ccc(OC(F)F)cc1. The fraction of sp³-hybridized carbons (Fsp3) is 0.182. The molecule has 0 saturated carbocycles. The Kier molecular flexibility index (Phi) is 7.15. The Balaban J connectivity index is 1.39. The van der Waals surface area contributed by atoms with Crippen LogP contribution in [0.2, 0.25) is 0 Å². The average molecular weight is 415 g/mol. The van der Waals surface area contributed by atoms with Gasteiger partial charge < -0.3 is 19.2 Å². The molecule has 0 fully saturated rings. The van der Waals surface area contributed by atoms with Gasteiger partial charge in [-0.25, -0.2) is 0 Å². The second kappa shape index (κ2) is 10.2. The van der Waals surface area contributed by atoms with Gasteiger partial charge in [-0.3, -0.25) is 9.59 Å². The molecule has 0 unspecified atom stereocenters. The summed E-state index contributed by atoms with van der Waals surface area (Å²) in [7, 11) is 0. The number of benzene rings is 2. The monoisotopic (exact) mass is 415 g/mol. The van der Waals surface area contributed by atoms with Crippen LogP contribution in [0, 0.1) is 0 Å². The van der Waals surface area contributed by atoms with E-state index in [-0.39, 0.29) is 12.2 Å². The average Bonchev–Trinajstić information content (AvgIpc) is 3.22. The maximum absolute atomic E-state index is 12.1. The summed E-state index contributed by atoms with van der Waals surface area (Å²) < 4.78 is 39.1. The van der Waals surface area contributed by atoms with Crippen molar-refractivity contribution >= 4 is 17.6 Å². The molecule has 30 heavy (non-hydrogen) atoms. The predicted octanol–water partition coefficient (Wildman–Crippen LogP) is 4.66. The summed E-state index contributed by atoms with van der Waals surface area (Å²) in [5.41, 5.74) is 1.30. The van der Waals surface area contributed by atoms with E-state index in [0.717, 1.165) is 5.56 Å². The lowest BCUT2D eigenvalue weighted by Crippen LogP contribution is -2.21. The number of rotatable bonds is 9. The van der Waals surface area contributed by atoms with Crippen LogP contribution in [0.4, 0.5) is 14.5 Å². The molecule has 0 atom stereocenters. The van der Waals surface area contributed by atoms with Gasteiger partial charge in [-0.2, -0.15) is 8.78 Å². The number of hydrogen-bond donors (Lipinski definition) is 1. The predicted molar refractivity (Wildman–Crippen MR) is 105 cm³/mol. The Morgan fingerprint density at radius 1 is 0.967 bits per heavy atom. The molecule has 0 aliphatic rings. The van der Waals surface area contributed by atoms with E-state index in [2.05, 4.69) is 10.1 Å². The lowest BCUT2D eigenvalue weighted by Gasteiger charge is -2.08. The number of alkyl halides is 2. The first kappa shape index (κ1) is 21.0. The molecule has 0 radical (unpaired) electrons. The molecule has 1 amide bonds. The molecule has 0 bridgehead atoms. The van der Waals surface area contributed by atoms with Crippen LogP contribution < -0.4 is 10.1 Å². The largest absolute Gasteiger partial charge is 0.461 e. The quantitative estimate of drug-likeness (QED) is 0.514. The summed E-state index contributed by atoms with van der Waals surface area (Å²) in [4.78, 5) is 23.7. The van der Waals surface area contributed by atoms with Crippen molar-refractivity contribution in [2.75, 3.05) is 11.9 Å². The maximum atomic E-state index is 12.1. The minimum Gasteiger partial charge on any atom is -0.461 e. The fourth-order valence-electron chi connectivity index (χ4n) is 2.63. The first-order valence-electron chi connectivity index (χ1n) is 9.14. The first-order chi connectivity index (χ1) is 14.5. The number of aryl methyl sites for hydroxylation is 1. The van der Waals surface area contributed by atoms with Gasteiger partial charge in [0.25, 0.3) is 5.91 Å². The van der Waals surface area contributed by atoms with E-state index in [1.165, 1.54) is 24.3 Å². The molecule has 3 rings (SSSR count). The van der Waals surface area contributed by atoms with Gasteiger partial charge in [0, 0.05) is 17.7 Å². The third-order valence-electron chi connectivity index (χ3n) is 4.02. The van der Waals surface area contributed by atoms with Crippen molar-refractivity contribution in [2.45, 2.75) is 19.5 Å². The molecular weight excluding hydrogens is 396 g/mol. The summed E-state index contributed by atoms with van der Waals surface area (Å²) in [6, 6.07) is 18.6. The van der Waals surface area contributed by atoms with Crippen LogP contribution in [0.1, 0.15) is 12.2 Å². The Labute approximate surface area is 171 Å². The molecule has 3 aromatic rings. The lowest BCUT2D eigenvalue weighted by atomic mass is 10.2. The van der Waals surface area contributed by atoms with E-state index in [1.807, 2.05) is 36.4 Å². The van der Waals surface area contributed by atoms with Crippen LogP contribution in [0.15, 0.2) is 71.1 Å². The van der Waals surface area contributed by atoms with E-state index >= 15 is 0 Å². The molecule has 0 saturated heterocycles. The van der Waals surface area contributed by atoms with Crippen LogP contribution >= 0.6 is 0 Å². The Bertz CT molecular complexity index is 971. The summed E-state index contributed by atoms with van der Waals surface area (Å²) in [5, 5.41) is 2.50. The van der Waals surface area contributed by atoms with E-state index in [0.29, 0.717) is 23.6 Å². The molecule has 8 heteroatoms. The van der Waals surface area contributed by atoms with E-state index in [9.17, 15) is 18.4 Å². The normalized spacial score (nSPS) is 10.6.